The first kappa shape index (κ1) is 13.5. The van der Waals surface area contributed by atoms with Crippen molar-refractivity contribution in [2.45, 2.75) is 0 Å². The number of carbonyl (C=O) groups excluding carboxylic acids is 1. The van der Waals surface area contributed by atoms with Gasteiger partial charge < -0.3 is 5.32 Å². The van der Waals surface area contributed by atoms with Crippen LogP contribution in [0.1, 0.15) is 10.4 Å². The number of nitro benzene ring substituents is 1. The Labute approximate surface area is 111 Å². The van der Waals surface area contributed by atoms with Crippen molar-refractivity contribution in [2.24, 2.45) is 0 Å². The van der Waals surface area contributed by atoms with Gasteiger partial charge in [-0.05, 0) is 12.1 Å². The zero-order chi connectivity index (χ0) is 14.7. The molecule has 0 saturated heterocycles. The molecule has 20 heavy (non-hydrogen) atoms. The van der Waals surface area contributed by atoms with Crippen LogP contribution in [-0.2, 0) is 0 Å². The van der Waals surface area contributed by atoms with Gasteiger partial charge in [-0.15, -0.1) is 0 Å². The van der Waals surface area contributed by atoms with Gasteiger partial charge in [-0.3, -0.25) is 14.9 Å². The predicted molar refractivity (Wildman–Crippen MR) is 65.2 cm³/mol. The van der Waals surface area contributed by atoms with Crippen LogP contribution in [0.15, 0.2) is 36.5 Å². The topological polar surface area (TPSA) is 85.1 Å². The van der Waals surface area contributed by atoms with Crippen LogP contribution in [0.3, 0.4) is 0 Å². The van der Waals surface area contributed by atoms with Crippen LogP contribution in [0, 0.1) is 21.9 Å². The molecule has 2 aromatic rings. The number of hydrogen-bond acceptors (Lipinski definition) is 4. The summed E-state index contributed by atoms with van der Waals surface area (Å²) in [5.74, 6) is -2.72. The summed E-state index contributed by atoms with van der Waals surface area (Å²) < 4.78 is 26.4. The van der Waals surface area contributed by atoms with Crippen molar-refractivity contribution in [3.05, 3.63) is 64.0 Å². The molecule has 0 aliphatic carbocycles. The smallest absolute Gasteiger partial charge is 0.295 e. The minimum Gasteiger partial charge on any atom is -0.314 e. The lowest BCUT2D eigenvalue weighted by atomic mass is 10.2. The largest absolute Gasteiger partial charge is 0.314 e. The number of para-hydroxylation sites is 1. The fraction of sp³-hybridized carbons (Fsp3) is 0. The van der Waals surface area contributed by atoms with E-state index in [-0.39, 0.29) is 5.56 Å². The van der Waals surface area contributed by atoms with Gasteiger partial charge in [0.15, 0.2) is 11.5 Å². The number of hydrogen-bond donors (Lipinski definition) is 1. The van der Waals surface area contributed by atoms with Crippen molar-refractivity contribution < 1.29 is 18.5 Å². The third kappa shape index (κ3) is 2.74. The van der Waals surface area contributed by atoms with Gasteiger partial charge in [-0.1, -0.05) is 6.07 Å². The van der Waals surface area contributed by atoms with Gasteiger partial charge in [0.25, 0.3) is 11.6 Å². The van der Waals surface area contributed by atoms with Gasteiger partial charge in [0.2, 0.25) is 5.95 Å². The third-order valence-corrected chi connectivity index (χ3v) is 2.42. The number of nitro groups is 1. The van der Waals surface area contributed by atoms with E-state index in [4.69, 9.17) is 0 Å². The van der Waals surface area contributed by atoms with Crippen molar-refractivity contribution in [2.75, 3.05) is 5.32 Å². The van der Waals surface area contributed by atoms with Gasteiger partial charge in [0.1, 0.15) is 0 Å². The van der Waals surface area contributed by atoms with E-state index in [1.165, 1.54) is 6.07 Å². The van der Waals surface area contributed by atoms with E-state index >= 15 is 0 Å². The lowest BCUT2D eigenvalue weighted by Crippen LogP contribution is -2.14. The van der Waals surface area contributed by atoms with Gasteiger partial charge in [-0.2, -0.15) is 4.39 Å². The summed E-state index contributed by atoms with van der Waals surface area (Å²) in [5.41, 5.74) is -1.29. The van der Waals surface area contributed by atoms with E-state index in [0.29, 0.717) is 0 Å². The molecule has 2 rings (SSSR count). The third-order valence-electron chi connectivity index (χ3n) is 2.42. The summed E-state index contributed by atoms with van der Waals surface area (Å²) in [6.45, 7) is 0. The highest BCUT2D eigenvalue weighted by Gasteiger charge is 2.20. The Morgan fingerprint density at radius 3 is 2.70 bits per heavy atom. The van der Waals surface area contributed by atoms with Gasteiger partial charge >= 0.3 is 0 Å². The lowest BCUT2D eigenvalue weighted by molar-refractivity contribution is -0.384. The van der Waals surface area contributed by atoms with E-state index in [1.807, 2.05) is 0 Å². The van der Waals surface area contributed by atoms with Crippen molar-refractivity contribution >= 4 is 17.3 Å². The number of benzene rings is 1. The van der Waals surface area contributed by atoms with Crippen molar-refractivity contribution in [1.82, 2.24) is 4.98 Å². The number of nitrogens with one attached hydrogen (secondary N) is 1. The Bertz CT molecular complexity index is 691. The molecule has 1 aromatic carbocycles. The highest BCUT2D eigenvalue weighted by Crippen LogP contribution is 2.27. The molecule has 0 saturated carbocycles. The van der Waals surface area contributed by atoms with Gasteiger partial charge in [0.05, 0.1) is 4.92 Å². The number of aromatic nitrogens is 1. The Kier molecular flexibility index (Phi) is 3.65. The molecular weight excluding hydrogens is 272 g/mol. The quantitative estimate of drug-likeness (QED) is 0.531. The summed E-state index contributed by atoms with van der Waals surface area (Å²) >= 11 is 0. The van der Waals surface area contributed by atoms with Crippen LogP contribution in [0.2, 0.25) is 0 Å². The summed E-state index contributed by atoms with van der Waals surface area (Å²) in [4.78, 5) is 25.0. The second kappa shape index (κ2) is 5.39. The summed E-state index contributed by atoms with van der Waals surface area (Å²) in [7, 11) is 0. The molecule has 1 amide bonds. The zero-order valence-electron chi connectivity index (χ0n) is 9.84. The Morgan fingerprint density at radius 1 is 1.30 bits per heavy atom. The molecule has 0 radical (unpaired) electrons. The molecule has 0 aliphatic heterocycles. The van der Waals surface area contributed by atoms with Crippen LogP contribution in [0.25, 0.3) is 0 Å². The molecule has 1 aromatic heterocycles. The predicted octanol–water partition coefficient (Wildman–Crippen LogP) is 2.52. The average molecular weight is 279 g/mol. The first-order valence-corrected chi connectivity index (χ1v) is 5.35. The molecule has 0 bridgehead atoms. The molecule has 1 heterocycles. The molecule has 0 spiro atoms. The van der Waals surface area contributed by atoms with E-state index in [9.17, 15) is 23.7 Å². The number of anilines is 1. The highest BCUT2D eigenvalue weighted by atomic mass is 19.1. The number of amides is 1. The summed E-state index contributed by atoms with van der Waals surface area (Å²) in [5, 5.41) is 12.8. The first-order valence-electron chi connectivity index (χ1n) is 5.35. The molecular formula is C12H7F2N3O3. The van der Waals surface area contributed by atoms with Crippen LogP contribution in [0.5, 0.6) is 0 Å². The normalized spacial score (nSPS) is 10.1. The van der Waals surface area contributed by atoms with E-state index in [1.54, 1.807) is 0 Å². The lowest BCUT2D eigenvalue weighted by Gasteiger charge is -2.06. The molecule has 8 heteroatoms. The monoisotopic (exact) mass is 279 g/mol. The second-order valence-electron chi connectivity index (χ2n) is 3.71. The minimum absolute atomic E-state index is 0.130. The Hall–Kier alpha value is -2.90. The van der Waals surface area contributed by atoms with Gasteiger partial charge in [0, 0.05) is 23.9 Å². The fourth-order valence-corrected chi connectivity index (χ4v) is 1.52. The minimum atomic E-state index is -0.956. The Balaban J connectivity index is 2.35. The molecule has 1 N–H and O–H groups in total. The maximum Gasteiger partial charge on any atom is 0.295 e. The standard InChI is InChI=1S/C12H7F2N3O3/c13-8-2-1-3-9(17(19)20)11(8)16-12(18)7-4-5-15-10(14)6-7/h1-6H,(H,16,18). The second-order valence-corrected chi connectivity index (χ2v) is 3.71. The molecule has 0 aliphatic rings. The molecule has 0 unspecified atom stereocenters. The number of rotatable bonds is 3. The zero-order valence-corrected chi connectivity index (χ0v) is 9.84. The van der Waals surface area contributed by atoms with Crippen LogP contribution in [0.4, 0.5) is 20.2 Å². The van der Waals surface area contributed by atoms with Crippen molar-refractivity contribution in [3.63, 3.8) is 0 Å². The maximum atomic E-state index is 13.6. The SMILES string of the molecule is O=C(Nc1c(F)cccc1[N+](=O)[O-])c1ccnc(F)c1. The van der Waals surface area contributed by atoms with Gasteiger partial charge in [-0.25, -0.2) is 9.37 Å². The van der Waals surface area contributed by atoms with Crippen LogP contribution >= 0.6 is 0 Å². The molecule has 0 fully saturated rings. The summed E-state index contributed by atoms with van der Waals surface area (Å²) in [6, 6.07) is 5.20. The number of pyridine rings is 1. The number of halogens is 2. The number of carbonyl (C=O) groups is 1. The van der Waals surface area contributed by atoms with Crippen molar-refractivity contribution in [3.8, 4) is 0 Å². The molecule has 0 atom stereocenters. The van der Waals surface area contributed by atoms with E-state index < -0.39 is 34.0 Å². The van der Waals surface area contributed by atoms with E-state index in [0.717, 1.165) is 30.5 Å². The highest BCUT2D eigenvalue weighted by molar-refractivity contribution is 6.05. The molecule has 6 nitrogen and oxygen atoms in total. The maximum absolute atomic E-state index is 13.6. The van der Waals surface area contributed by atoms with Crippen LogP contribution in [-0.4, -0.2) is 15.8 Å². The Morgan fingerprint density at radius 2 is 2.05 bits per heavy atom. The van der Waals surface area contributed by atoms with Crippen molar-refractivity contribution in [1.29, 1.82) is 0 Å². The van der Waals surface area contributed by atoms with Crippen LogP contribution < -0.4 is 5.32 Å². The summed E-state index contributed by atoms with van der Waals surface area (Å²) in [6.07, 6.45) is 1.06. The number of nitrogens with zero attached hydrogens (tertiary/aromatic N) is 2. The average Bonchev–Trinajstić information content (AvgIpc) is 2.40. The fourth-order valence-electron chi connectivity index (χ4n) is 1.52. The first-order chi connectivity index (χ1) is 9.49. The molecule has 102 valence electrons. The van der Waals surface area contributed by atoms with E-state index in [2.05, 4.69) is 10.3 Å².